The van der Waals surface area contributed by atoms with Gasteiger partial charge >= 0.3 is 0 Å². The maximum absolute atomic E-state index is 9.79. The van der Waals surface area contributed by atoms with Crippen LogP contribution in [0, 0.1) is 0 Å². The van der Waals surface area contributed by atoms with Crippen molar-refractivity contribution >= 4 is 21.6 Å². The molecule has 1 aromatic carbocycles. The molecule has 0 aliphatic carbocycles. The van der Waals surface area contributed by atoms with E-state index < -0.39 is 5.60 Å². The molecule has 0 fully saturated rings. The van der Waals surface area contributed by atoms with E-state index in [1.54, 1.807) is 21.0 Å². The van der Waals surface area contributed by atoms with Gasteiger partial charge in [0, 0.05) is 18.1 Å². The molecule has 0 unspecified atom stereocenters. The summed E-state index contributed by atoms with van der Waals surface area (Å²) in [6.45, 7) is 4.11. The van der Waals surface area contributed by atoms with Crippen LogP contribution in [0.5, 0.6) is 5.75 Å². The zero-order valence-electron chi connectivity index (χ0n) is 10.1. The predicted octanol–water partition coefficient (Wildman–Crippen LogP) is 2.66. The van der Waals surface area contributed by atoms with Gasteiger partial charge in [-0.05, 0) is 32.0 Å². The number of methoxy groups -OCH3 is 1. The van der Waals surface area contributed by atoms with Gasteiger partial charge in [0.2, 0.25) is 0 Å². The molecule has 4 heteroatoms. The maximum Gasteiger partial charge on any atom is 0.142 e. The Kier molecular flexibility index (Phi) is 4.21. The van der Waals surface area contributed by atoms with Crippen molar-refractivity contribution in [2.45, 2.75) is 19.4 Å². The minimum atomic E-state index is -0.734. The first-order valence-electron chi connectivity index (χ1n) is 5.10. The van der Waals surface area contributed by atoms with Crippen molar-refractivity contribution in [1.29, 1.82) is 0 Å². The third-order valence-electron chi connectivity index (χ3n) is 2.18. The van der Waals surface area contributed by atoms with Crippen molar-refractivity contribution in [3.05, 3.63) is 22.7 Å². The Balaban J connectivity index is 2.97. The van der Waals surface area contributed by atoms with Crippen LogP contribution in [0.25, 0.3) is 0 Å². The monoisotopic (exact) mass is 287 g/mol. The van der Waals surface area contributed by atoms with Gasteiger partial charge in [0.05, 0.1) is 18.4 Å². The second-order valence-corrected chi connectivity index (χ2v) is 5.40. The molecule has 0 aliphatic heterocycles. The van der Waals surface area contributed by atoms with Crippen LogP contribution >= 0.6 is 15.9 Å². The minimum absolute atomic E-state index is 0.541. The lowest BCUT2D eigenvalue weighted by molar-refractivity contribution is 0.0885. The van der Waals surface area contributed by atoms with E-state index in [1.165, 1.54) is 0 Å². The fourth-order valence-electron chi connectivity index (χ4n) is 1.63. The van der Waals surface area contributed by atoms with Crippen LogP contribution in [-0.4, -0.2) is 31.4 Å². The fraction of sp³-hybridized carbons (Fsp3) is 0.500. The summed E-state index contributed by atoms with van der Waals surface area (Å²) in [5.41, 5.74) is 0.223. The van der Waals surface area contributed by atoms with E-state index in [4.69, 9.17) is 4.74 Å². The van der Waals surface area contributed by atoms with Gasteiger partial charge in [0.15, 0.2) is 0 Å². The third kappa shape index (κ3) is 3.68. The third-order valence-corrected chi connectivity index (χ3v) is 2.67. The average molecular weight is 288 g/mol. The highest BCUT2D eigenvalue weighted by molar-refractivity contribution is 9.10. The van der Waals surface area contributed by atoms with E-state index in [0.717, 1.165) is 15.9 Å². The molecule has 1 N–H and O–H groups in total. The second-order valence-electron chi connectivity index (χ2n) is 4.48. The van der Waals surface area contributed by atoms with E-state index in [1.807, 2.05) is 30.1 Å². The number of likely N-dealkylation sites (N-methyl/N-ethyl adjacent to an activating group) is 1. The standard InChI is InChI=1S/C12H18BrNO2/c1-12(2,15)8-14(3)10-7-9(13)5-6-11(10)16-4/h5-7,15H,8H2,1-4H3. The fourth-order valence-corrected chi connectivity index (χ4v) is 1.98. The number of nitrogens with zero attached hydrogens (tertiary/aromatic N) is 1. The van der Waals surface area contributed by atoms with Gasteiger partial charge in [0.1, 0.15) is 5.75 Å². The van der Waals surface area contributed by atoms with Crippen molar-refractivity contribution in [3.8, 4) is 5.75 Å². The number of aliphatic hydroxyl groups is 1. The van der Waals surface area contributed by atoms with Gasteiger partial charge in [-0.3, -0.25) is 0 Å². The lowest BCUT2D eigenvalue weighted by Gasteiger charge is -2.28. The van der Waals surface area contributed by atoms with Gasteiger partial charge in [-0.25, -0.2) is 0 Å². The summed E-state index contributed by atoms with van der Waals surface area (Å²) in [5.74, 6) is 0.801. The number of hydrogen-bond donors (Lipinski definition) is 1. The quantitative estimate of drug-likeness (QED) is 0.924. The lowest BCUT2D eigenvalue weighted by atomic mass is 10.1. The molecule has 1 aromatic rings. The van der Waals surface area contributed by atoms with E-state index >= 15 is 0 Å². The smallest absolute Gasteiger partial charge is 0.142 e. The number of anilines is 1. The van der Waals surface area contributed by atoms with Gasteiger partial charge in [-0.2, -0.15) is 0 Å². The molecule has 0 saturated carbocycles. The van der Waals surface area contributed by atoms with Crippen molar-refractivity contribution in [1.82, 2.24) is 0 Å². The molecule has 0 aromatic heterocycles. The second kappa shape index (κ2) is 5.06. The van der Waals surface area contributed by atoms with Crippen LogP contribution in [-0.2, 0) is 0 Å². The van der Waals surface area contributed by atoms with Gasteiger partial charge in [-0.15, -0.1) is 0 Å². The molecular weight excluding hydrogens is 270 g/mol. The average Bonchev–Trinajstić information content (AvgIpc) is 2.15. The topological polar surface area (TPSA) is 32.7 Å². The Morgan fingerprint density at radius 1 is 1.44 bits per heavy atom. The normalized spacial score (nSPS) is 11.4. The lowest BCUT2D eigenvalue weighted by Crippen LogP contribution is -2.36. The summed E-state index contributed by atoms with van der Waals surface area (Å²) in [6.07, 6.45) is 0. The SMILES string of the molecule is COc1ccc(Br)cc1N(C)CC(C)(C)O. The molecular formula is C12H18BrNO2. The molecule has 16 heavy (non-hydrogen) atoms. The minimum Gasteiger partial charge on any atom is -0.495 e. The molecule has 0 spiro atoms. The maximum atomic E-state index is 9.79. The highest BCUT2D eigenvalue weighted by Crippen LogP contribution is 2.31. The van der Waals surface area contributed by atoms with E-state index in [0.29, 0.717) is 6.54 Å². The Labute approximate surface area is 105 Å². The number of benzene rings is 1. The first-order chi connectivity index (χ1) is 7.33. The summed E-state index contributed by atoms with van der Waals surface area (Å²) in [4.78, 5) is 1.98. The van der Waals surface area contributed by atoms with Crippen molar-refractivity contribution < 1.29 is 9.84 Å². The van der Waals surface area contributed by atoms with Crippen molar-refractivity contribution in [2.75, 3.05) is 25.6 Å². The number of rotatable bonds is 4. The number of ether oxygens (including phenoxy) is 1. The molecule has 0 radical (unpaired) electrons. The Bertz CT molecular complexity index is 361. The van der Waals surface area contributed by atoms with Crippen LogP contribution in [0.4, 0.5) is 5.69 Å². The van der Waals surface area contributed by atoms with E-state index in [9.17, 15) is 5.11 Å². The van der Waals surface area contributed by atoms with Gasteiger partial charge in [0.25, 0.3) is 0 Å². The molecule has 0 bridgehead atoms. The zero-order chi connectivity index (χ0) is 12.3. The molecule has 0 aliphatic rings. The number of hydrogen-bond acceptors (Lipinski definition) is 3. The molecule has 0 atom stereocenters. The predicted molar refractivity (Wildman–Crippen MR) is 70.3 cm³/mol. The van der Waals surface area contributed by atoms with Crippen LogP contribution in [0.15, 0.2) is 22.7 Å². The Morgan fingerprint density at radius 2 is 2.06 bits per heavy atom. The summed E-state index contributed by atoms with van der Waals surface area (Å²) in [5, 5.41) is 9.79. The summed E-state index contributed by atoms with van der Waals surface area (Å²) < 4.78 is 6.28. The van der Waals surface area contributed by atoms with Crippen LogP contribution < -0.4 is 9.64 Å². The van der Waals surface area contributed by atoms with Gasteiger partial charge in [-0.1, -0.05) is 15.9 Å². The molecule has 1 rings (SSSR count). The summed E-state index contributed by atoms with van der Waals surface area (Å²) in [7, 11) is 3.58. The number of halogens is 1. The highest BCUT2D eigenvalue weighted by atomic mass is 79.9. The Morgan fingerprint density at radius 3 is 2.56 bits per heavy atom. The highest BCUT2D eigenvalue weighted by Gasteiger charge is 2.18. The summed E-state index contributed by atoms with van der Waals surface area (Å²) >= 11 is 3.43. The Hall–Kier alpha value is -0.740. The first kappa shape index (κ1) is 13.3. The largest absolute Gasteiger partial charge is 0.495 e. The van der Waals surface area contributed by atoms with Crippen LogP contribution in [0.3, 0.4) is 0 Å². The van der Waals surface area contributed by atoms with Crippen LogP contribution in [0.1, 0.15) is 13.8 Å². The molecule has 0 heterocycles. The van der Waals surface area contributed by atoms with Gasteiger partial charge < -0.3 is 14.7 Å². The molecule has 0 saturated heterocycles. The van der Waals surface area contributed by atoms with E-state index in [-0.39, 0.29) is 0 Å². The van der Waals surface area contributed by atoms with Crippen molar-refractivity contribution in [3.63, 3.8) is 0 Å². The molecule has 3 nitrogen and oxygen atoms in total. The van der Waals surface area contributed by atoms with Crippen LogP contribution in [0.2, 0.25) is 0 Å². The van der Waals surface area contributed by atoms with Crippen molar-refractivity contribution in [2.24, 2.45) is 0 Å². The zero-order valence-corrected chi connectivity index (χ0v) is 11.7. The molecule has 0 amide bonds. The summed E-state index contributed by atoms with van der Waals surface area (Å²) in [6, 6.07) is 5.81. The first-order valence-corrected chi connectivity index (χ1v) is 5.90. The van der Waals surface area contributed by atoms with E-state index in [2.05, 4.69) is 15.9 Å². The molecule has 90 valence electrons.